The summed E-state index contributed by atoms with van der Waals surface area (Å²) in [5.74, 6) is 0.0440. The van der Waals surface area contributed by atoms with Gasteiger partial charge in [0, 0.05) is 24.0 Å². The van der Waals surface area contributed by atoms with Gasteiger partial charge in [-0.1, -0.05) is 6.42 Å². The fourth-order valence-corrected chi connectivity index (χ4v) is 5.60. The van der Waals surface area contributed by atoms with Crippen molar-refractivity contribution in [2.75, 3.05) is 18.8 Å². The first-order valence-electron chi connectivity index (χ1n) is 8.09. The lowest BCUT2D eigenvalue weighted by Gasteiger charge is -2.37. The normalized spacial score (nSPS) is 34.3. The van der Waals surface area contributed by atoms with E-state index in [9.17, 15) is 14.4 Å². The first-order chi connectivity index (χ1) is 11.5. The van der Waals surface area contributed by atoms with Crippen LogP contribution in [0.1, 0.15) is 25.7 Å². The van der Waals surface area contributed by atoms with Gasteiger partial charge >= 0.3 is 12.0 Å². The fraction of sp³-hybridized carbons (Fsp3) is 0.786. The molecule has 3 fully saturated rings. The van der Waals surface area contributed by atoms with E-state index in [4.69, 9.17) is 10.5 Å². The van der Waals surface area contributed by atoms with Crippen molar-refractivity contribution in [1.82, 2.24) is 15.3 Å². The van der Waals surface area contributed by atoms with Crippen LogP contribution in [0.25, 0.3) is 0 Å². The summed E-state index contributed by atoms with van der Waals surface area (Å²) in [4.78, 5) is 37.1. The number of nitrogens with one attached hydrogen (secondary N) is 1. The van der Waals surface area contributed by atoms with Gasteiger partial charge in [-0.2, -0.15) is 11.8 Å². The number of alkyl halides is 1. The Morgan fingerprint density at radius 3 is 2.88 bits per heavy atom. The summed E-state index contributed by atoms with van der Waals surface area (Å²) in [6, 6.07) is -0.292. The molecule has 134 valence electrons. The second kappa shape index (κ2) is 7.65. The van der Waals surface area contributed by atoms with E-state index in [1.54, 1.807) is 22.6 Å². The summed E-state index contributed by atoms with van der Waals surface area (Å²) in [6.45, 7) is 0.436. The number of hydrazine groups is 1. The number of ether oxygens (including phenoxy) is 1. The number of nitrogens with two attached hydrogens (primary N) is 1. The number of esters is 1. The number of halogens is 1. The van der Waals surface area contributed by atoms with Crippen LogP contribution in [0.4, 0.5) is 4.79 Å². The summed E-state index contributed by atoms with van der Waals surface area (Å²) in [6.07, 6.45) is 2.85. The van der Waals surface area contributed by atoms with Crippen molar-refractivity contribution in [3.63, 3.8) is 0 Å². The van der Waals surface area contributed by atoms with E-state index in [1.807, 2.05) is 11.8 Å². The average Bonchev–Trinajstić information content (AvgIpc) is 3.06. The van der Waals surface area contributed by atoms with Crippen LogP contribution in [-0.4, -0.2) is 68.2 Å². The Bertz CT molecular complexity index is 537. The zero-order valence-electron chi connectivity index (χ0n) is 13.2. The van der Waals surface area contributed by atoms with Crippen LogP contribution in [0.15, 0.2) is 0 Å². The van der Waals surface area contributed by atoms with Crippen molar-refractivity contribution < 1.29 is 19.1 Å². The molecule has 3 heterocycles. The number of carbonyl (C=O) groups excluding carboxylic acids is 3. The molecule has 3 amide bonds. The molecule has 1 unspecified atom stereocenters. The maximum atomic E-state index is 12.8. The van der Waals surface area contributed by atoms with Crippen molar-refractivity contribution in [1.29, 1.82) is 0 Å². The van der Waals surface area contributed by atoms with Crippen LogP contribution in [0.5, 0.6) is 0 Å². The molecule has 3 aliphatic heterocycles. The van der Waals surface area contributed by atoms with E-state index in [0.717, 1.165) is 25.0 Å². The quantitative estimate of drug-likeness (QED) is 0.264. The van der Waals surface area contributed by atoms with E-state index in [-0.39, 0.29) is 42.4 Å². The first-order valence-corrected chi connectivity index (χ1v) is 10.4. The maximum Gasteiger partial charge on any atom is 0.336 e. The van der Waals surface area contributed by atoms with E-state index in [2.05, 4.69) is 5.32 Å². The molecule has 0 aromatic carbocycles. The number of thioether (sulfide) groups is 1. The van der Waals surface area contributed by atoms with E-state index >= 15 is 0 Å². The van der Waals surface area contributed by atoms with E-state index in [1.165, 1.54) is 10.0 Å². The molecule has 3 N–H and O–H groups in total. The lowest BCUT2D eigenvalue weighted by molar-refractivity contribution is -0.161. The zero-order chi connectivity index (χ0) is 17.3. The Morgan fingerprint density at radius 2 is 2.12 bits per heavy atom. The van der Waals surface area contributed by atoms with E-state index < -0.39 is 10.0 Å². The van der Waals surface area contributed by atoms with Gasteiger partial charge in [0.05, 0.1) is 18.6 Å². The van der Waals surface area contributed by atoms with Crippen molar-refractivity contribution in [3.8, 4) is 0 Å². The highest BCUT2D eigenvalue weighted by atomic mass is 127. The summed E-state index contributed by atoms with van der Waals surface area (Å²) in [5.41, 5.74) is 5.66. The second-order valence-corrected chi connectivity index (χ2v) is 8.47. The molecule has 3 aliphatic rings. The molecule has 3 rings (SSSR count). The molecule has 0 spiro atoms. The van der Waals surface area contributed by atoms with Gasteiger partial charge in [0.25, 0.3) is 5.91 Å². The molecule has 8 nitrogen and oxygen atoms in total. The Kier molecular flexibility index (Phi) is 5.75. The number of carbonyl (C=O) groups is 3. The molecule has 4 atom stereocenters. The van der Waals surface area contributed by atoms with Crippen LogP contribution < -0.4 is 11.1 Å². The van der Waals surface area contributed by atoms with Gasteiger partial charge in [-0.3, -0.25) is 9.59 Å². The van der Waals surface area contributed by atoms with Gasteiger partial charge in [-0.15, -0.1) is 0 Å². The molecule has 0 radical (unpaired) electrons. The summed E-state index contributed by atoms with van der Waals surface area (Å²) in [5, 5.41) is 6.11. The Hall–Kier alpha value is -0.750. The van der Waals surface area contributed by atoms with Gasteiger partial charge < -0.3 is 15.8 Å². The smallest absolute Gasteiger partial charge is 0.336 e. The van der Waals surface area contributed by atoms with Gasteiger partial charge in [-0.25, -0.2) is 14.8 Å². The minimum atomic E-state index is -0.958. The third-order valence-electron chi connectivity index (χ3n) is 4.49. The van der Waals surface area contributed by atoms with Crippen LogP contribution in [0.3, 0.4) is 0 Å². The topological polar surface area (TPSA) is 105 Å². The van der Waals surface area contributed by atoms with Crippen LogP contribution in [-0.2, 0) is 14.3 Å². The fourth-order valence-electron chi connectivity index (χ4n) is 3.43. The third-order valence-corrected chi connectivity index (χ3v) is 6.77. The predicted octanol–water partition coefficient (Wildman–Crippen LogP) is 0.445. The zero-order valence-corrected chi connectivity index (χ0v) is 16.1. The monoisotopic (exact) mass is 468 g/mol. The minimum absolute atomic E-state index is 0.0405. The highest BCUT2D eigenvalue weighted by molar-refractivity contribution is 14.1. The Labute approximate surface area is 158 Å². The number of nitrogens with zero attached hydrogens (tertiary/aromatic N) is 2. The molecule has 0 aromatic rings. The molecule has 24 heavy (non-hydrogen) atoms. The SMILES string of the molecule is NCCN1C(=O)C(I)OC(=O)CCCC[C@H]2SC[C@H]3NC(=O)N1[C@H]32. The summed E-state index contributed by atoms with van der Waals surface area (Å²) >= 11 is 3.62. The third kappa shape index (κ3) is 3.45. The number of hydrogen-bond acceptors (Lipinski definition) is 6. The minimum Gasteiger partial charge on any atom is -0.441 e. The average molecular weight is 468 g/mol. The van der Waals surface area contributed by atoms with Crippen molar-refractivity contribution >= 4 is 52.3 Å². The molecule has 10 heteroatoms. The van der Waals surface area contributed by atoms with Crippen molar-refractivity contribution in [2.24, 2.45) is 5.73 Å². The predicted molar refractivity (Wildman–Crippen MR) is 97.3 cm³/mol. The van der Waals surface area contributed by atoms with E-state index in [0.29, 0.717) is 6.42 Å². The number of amides is 3. The molecule has 0 aromatic heterocycles. The van der Waals surface area contributed by atoms with Crippen LogP contribution in [0.2, 0.25) is 0 Å². The maximum absolute atomic E-state index is 12.8. The molecule has 3 saturated heterocycles. The Balaban J connectivity index is 1.91. The second-order valence-electron chi connectivity index (χ2n) is 6.06. The standard InChI is InChI=1S/C14H21IN4O4S/c15-12-13(21)18(6-5-16)19-11-8(17-14(19)22)7-24-9(11)3-1-2-4-10(20)23-12/h8-9,11-12H,1-7,16H2,(H,17,22)/t8-,9-,11-,12?/m1/s1. The van der Waals surface area contributed by atoms with Gasteiger partial charge in [0.15, 0.2) is 0 Å². The lowest BCUT2D eigenvalue weighted by atomic mass is 10.0. The van der Waals surface area contributed by atoms with Crippen molar-refractivity contribution in [3.05, 3.63) is 0 Å². The highest BCUT2D eigenvalue weighted by Crippen LogP contribution is 2.38. The van der Waals surface area contributed by atoms with Gasteiger partial charge in [-0.05, 0) is 35.4 Å². The highest BCUT2D eigenvalue weighted by Gasteiger charge is 2.52. The number of hydrogen-bond donors (Lipinski definition) is 2. The number of urea groups is 1. The summed E-state index contributed by atoms with van der Waals surface area (Å²) < 4.78 is 4.26. The lowest BCUT2D eigenvalue weighted by Crippen LogP contribution is -2.57. The Morgan fingerprint density at radius 1 is 1.33 bits per heavy atom. The molecular formula is C14H21IN4O4S. The number of cyclic esters (lactones) is 1. The largest absolute Gasteiger partial charge is 0.441 e. The molecule has 0 bridgehead atoms. The van der Waals surface area contributed by atoms with Gasteiger partial charge in [0.1, 0.15) is 0 Å². The van der Waals surface area contributed by atoms with Crippen LogP contribution >= 0.6 is 34.4 Å². The molecule has 0 aliphatic carbocycles. The molecule has 0 saturated carbocycles. The van der Waals surface area contributed by atoms with Crippen LogP contribution in [0, 0.1) is 0 Å². The summed E-state index contributed by atoms with van der Waals surface area (Å²) in [7, 11) is 0. The van der Waals surface area contributed by atoms with Gasteiger partial charge in [0.2, 0.25) is 4.11 Å². The first kappa shape index (κ1) is 18.1. The molecular weight excluding hydrogens is 447 g/mol. The van der Waals surface area contributed by atoms with Crippen molar-refractivity contribution in [2.45, 2.75) is 47.1 Å². The number of rotatable bonds is 2.